The number of aliphatic imine (C=N–C) groups is 1. The lowest BCUT2D eigenvalue weighted by Gasteiger charge is -2.12. The molecule has 0 saturated carbocycles. The van der Waals surface area contributed by atoms with Gasteiger partial charge in [-0.1, -0.05) is 17.7 Å². The Morgan fingerprint density at radius 2 is 1.96 bits per heavy atom. The molecule has 1 aliphatic heterocycles. The molecule has 2 aromatic rings. The van der Waals surface area contributed by atoms with Crippen molar-refractivity contribution in [3.05, 3.63) is 63.3 Å². The van der Waals surface area contributed by atoms with Crippen molar-refractivity contribution in [2.75, 3.05) is 6.61 Å². The van der Waals surface area contributed by atoms with E-state index in [0.717, 1.165) is 11.1 Å². The van der Waals surface area contributed by atoms with Gasteiger partial charge >= 0.3 is 11.9 Å². The molecule has 0 saturated heterocycles. The molecule has 0 radical (unpaired) electrons. The zero-order valence-corrected chi connectivity index (χ0v) is 17.2. The molecule has 0 aliphatic carbocycles. The number of nitrogens with zero attached hydrogens (tertiary/aromatic N) is 1. The molecule has 0 N–H and O–H groups in total. The maximum Gasteiger partial charge on any atom is 0.363 e. The fourth-order valence-corrected chi connectivity index (χ4v) is 3.10. The van der Waals surface area contributed by atoms with Crippen LogP contribution < -0.4 is 9.47 Å². The summed E-state index contributed by atoms with van der Waals surface area (Å²) >= 11 is 3.38. The lowest BCUT2D eigenvalue weighted by Crippen LogP contribution is -2.06. The molecule has 0 spiro atoms. The number of cyclic esters (lactones) is 1. The Hall–Kier alpha value is -2.93. The van der Waals surface area contributed by atoms with E-state index in [4.69, 9.17) is 14.2 Å². The number of carbonyl (C=O) groups excluding carboxylic acids is 2. The van der Waals surface area contributed by atoms with Crippen LogP contribution in [-0.4, -0.2) is 24.4 Å². The third-order valence-electron chi connectivity index (χ3n) is 3.80. The molecule has 28 heavy (non-hydrogen) atoms. The Labute approximate surface area is 171 Å². The molecule has 6 nitrogen and oxygen atoms in total. The van der Waals surface area contributed by atoms with Crippen LogP contribution >= 0.6 is 15.9 Å². The van der Waals surface area contributed by atoms with Gasteiger partial charge in [0, 0.05) is 12.5 Å². The predicted octanol–water partition coefficient (Wildman–Crippen LogP) is 4.43. The topological polar surface area (TPSA) is 74.2 Å². The largest absolute Gasteiger partial charge is 0.490 e. The molecule has 7 heteroatoms. The number of benzene rings is 2. The van der Waals surface area contributed by atoms with Crippen LogP contribution in [-0.2, 0) is 14.3 Å². The van der Waals surface area contributed by atoms with Gasteiger partial charge in [-0.15, -0.1) is 0 Å². The Morgan fingerprint density at radius 1 is 1.25 bits per heavy atom. The number of hydrogen-bond acceptors (Lipinski definition) is 6. The minimum atomic E-state index is -0.534. The van der Waals surface area contributed by atoms with Gasteiger partial charge in [0.1, 0.15) is 0 Å². The van der Waals surface area contributed by atoms with Gasteiger partial charge in [0.2, 0.25) is 5.90 Å². The van der Waals surface area contributed by atoms with Crippen molar-refractivity contribution in [1.29, 1.82) is 0 Å². The van der Waals surface area contributed by atoms with Crippen LogP contribution in [0.5, 0.6) is 11.5 Å². The molecule has 0 unspecified atom stereocenters. The van der Waals surface area contributed by atoms with Gasteiger partial charge in [-0.3, -0.25) is 4.79 Å². The van der Waals surface area contributed by atoms with E-state index in [-0.39, 0.29) is 17.3 Å². The molecule has 0 atom stereocenters. The second kappa shape index (κ2) is 8.39. The maximum absolute atomic E-state index is 12.2. The Morgan fingerprint density at radius 3 is 2.61 bits per heavy atom. The van der Waals surface area contributed by atoms with Gasteiger partial charge in [0.05, 0.1) is 11.1 Å². The number of halogens is 1. The minimum Gasteiger partial charge on any atom is -0.490 e. The first-order valence-corrected chi connectivity index (χ1v) is 9.41. The van der Waals surface area contributed by atoms with E-state index in [9.17, 15) is 9.59 Å². The van der Waals surface area contributed by atoms with Crippen LogP contribution in [0, 0.1) is 6.92 Å². The molecule has 0 fully saturated rings. The van der Waals surface area contributed by atoms with Crippen molar-refractivity contribution >= 4 is 39.8 Å². The number of hydrogen-bond donors (Lipinski definition) is 0. The quantitative estimate of drug-likeness (QED) is 0.388. The zero-order valence-electron chi connectivity index (χ0n) is 15.6. The summed E-state index contributed by atoms with van der Waals surface area (Å²) in [5.74, 6) is -0.0626. The fourth-order valence-electron chi connectivity index (χ4n) is 2.56. The van der Waals surface area contributed by atoms with Crippen molar-refractivity contribution in [2.24, 2.45) is 4.99 Å². The first-order chi connectivity index (χ1) is 13.4. The smallest absolute Gasteiger partial charge is 0.363 e. The highest BCUT2D eigenvalue weighted by Gasteiger charge is 2.24. The fraction of sp³-hybridized carbons (Fsp3) is 0.190. The highest BCUT2D eigenvalue weighted by molar-refractivity contribution is 9.10. The van der Waals surface area contributed by atoms with Crippen molar-refractivity contribution in [3.63, 3.8) is 0 Å². The van der Waals surface area contributed by atoms with Crippen molar-refractivity contribution in [3.8, 4) is 11.5 Å². The second-order valence-corrected chi connectivity index (χ2v) is 6.91. The summed E-state index contributed by atoms with van der Waals surface area (Å²) in [4.78, 5) is 27.9. The summed E-state index contributed by atoms with van der Waals surface area (Å²) in [5, 5.41) is 0. The second-order valence-electron chi connectivity index (χ2n) is 6.06. The minimum absolute atomic E-state index is 0.171. The number of ether oxygens (including phenoxy) is 3. The molecule has 0 aromatic heterocycles. The van der Waals surface area contributed by atoms with E-state index in [1.807, 2.05) is 38.1 Å². The predicted molar refractivity (Wildman–Crippen MR) is 108 cm³/mol. The number of rotatable bonds is 5. The van der Waals surface area contributed by atoms with Gasteiger partial charge < -0.3 is 14.2 Å². The first-order valence-electron chi connectivity index (χ1n) is 8.61. The van der Waals surface area contributed by atoms with Crippen molar-refractivity contribution in [2.45, 2.75) is 20.8 Å². The van der Waals surface area contributed by atoms with E-state index < -0.39 is 11.9 Å². The standard InChI is InChI=1S/C21H18BrNO5/c1-4-26-18-11-14(9-16(22)19(18)27-13(3)24)10-17-21(25)28-20(23-17)15-7-5-12(2)6-8-15/h5-11H,4H2,1-3H3. The summed E-state index contributed by atoms with van der Waals surface area (Å²) in [6.07, 6.45) is 1.59. The third-order valence-corrected chi connectivity index (χ3v) is 4.39. The van der Waals surface area contributed by atoms with Gasteiger partial charge in [-0.2, -0.15) is 0 Å². The molecular weight excluding hydrogens is 426 g/mol. The molecule has 0 bridgehead atoms. The molecule has 1 heterocycles. The first kappa shape index (κ1) is 19.8. The summed E-state index contributed by atoms with van der Waals surface area (Å²) in [5.41, 5.74) is 2.64. The lowest BCUT2D eigenvalue weighted by atomic mass is 10.1. The monoisotopic (exact) mass is 443 g/mol. The maximum atomic E-state index is 12.2. The molecule has 0 amide bonds. The summed E-state index contributed by atoms with van der Waals surface area (Å²) in [7, 11) is 0. The van der Waals surface area contributed by atoms with Gasteiger partial charge in [-0.25, -0.2) is 9.79 Å². The molecule has 3 rings (SSSR count). The highest BCUT2D eigenvalue weighted by Crippen LogP contribution is 2.38. The Kier molecular flexibility index (Phi) is 5.94. The van der Waals surface area contributed by atoms with E-state index in [1.54, 1.807) is 18.2 Å². The van der Waals surface area contributed by atoms with Gasteiger partial charge in [-0.05, 0) is 65.7 Å². The number of carbonyl (C=O) groups is 2. The average molecular weight is 444 g/mol. The number of esters is 2. The lowest BCUT2D eigenvalue weighted by molar-refractivity contribution is -0.132. The molecular formula is C21H18BrNO5. The SMILES string of the molecule is CCOc1cc(C=C2N=C(c3ccc(C)cc3)OC2=O)cc(Br)c1OC(C)=O. The van der Waals surface area contributed by atoms with Crippen molar-refractivity contribution < 1.29 is 23.8 Å². The van der Waals surface area contributed by atoms with Crippen LogP contribution in [0.1, 0.15) is 30.5 Å². The normalized spacial score (nSPS) is 14.6. The van der Waals surface area contributed by atoms with E-state index in [2.05, 4.69) is 20.9 Å². The molecule has 144 valence electrons. The van der Waals surface area contributed by atoms with E-state index >= 15 is 0 Å². The highest BCUT2D eigenvalue weighted by atomic mass is 79.9. The van der Waals surface area contributed by atoms with Crippen LogP contribution in [0.4, 0.5) is 0 Å². The average Bonchev–Trinajstić information content (AvgIpc) is 2.99. The zero-order chi connectivity index (χ0) is 20.3. The summed E-state index contributed by atoms with van der Waals surface area (Å²) in [6.45, 7) is 5.50. The Bertz CT molecular complexity index is 993. The van der Waals surface area contributed by atoms with E-state index in [0.29, 0.717) is 22.4 Å². The van der Waals surface area contributed by atoms with Crippen LogP contribution in [0.2, 0.25) is 0 Å². The third kappa shape index (κ3) is 4.48. The molecule has 2 aromatic carbocycles. The summed E-state index contributed by atoms with van der Waals surface area (Å²) < 4.78 is 16.6. The van der Waals surface area contributed by atoms with Crippen LogP contribution in [0.3, 0.4) is 0 Å². The van der Waals surface area contributed by atoms with Crippen molar-refractivity contribution in [1.82, 2.24) is 0 Å². The Balaban J connectivity index is 1.96. The van der Waals surface area contributed by atoms with Crippen LogP contribution in [0.25, 0.3) is 6.08 Å². The number of aryl methyl sites for hydroxylation is 1. The van der Waals surface area contributed by atoms with Crippen LogP contribution in [0.15, 0.2) is 51.6 Å². The van der Waals surface area contributed by atoms with Gasteiger partial charge in [0.15, 0.2) is 17.2 Å². The molecule has 1 aliphatic rings. The van der Waals surface area contributed by atoms with E-state index in [1.165, 1.54) is 6.92 Å². The summed E-state index contributed by atoms with van der Waals surface area (Å²) in [6, 6.07) is 10.9. The van der Waals surface area contributed by atoms with Gasteiger partial charge in [0.25, 0.3) is 0 Å².